The van der Waals surface area contributed by atoms with Gasteiger partial charge in [0.1, 0.15) is 5.60 Å². The zero-order chi connectivity index (χ0) is 11.6. The smallest absolute Gasteiger partial charge is 0.412 e. The van der Waals surface area contributed by atoms with Gasteiger partial charge >= 0.3 is 6.09 Å². The average molecular weight is 220 g/mol. The van der Waals surface area contributed by atoms with Crippen molar-refractivity contribution in [2.24, 2.45) is 5.73 Å². The molecule has 0 saturated heterocycles. The molecule has 1 aromatic carbocycles. The standard InChI is InChI=1S/C12H16N2O2/c1-2-12(7-8-13)9-5-3-4-6-10(9)14-11(15)16-12/h3-6H,2,7-8,13H2,1H3,(H,14,15). The maximum atomic E-state index is 11.5. The molecule has 1 heterocycles. The van der Waals surface area contributed by atoms with Gasteiger partial charge in [0.15, 0.2) is 0 Å². The van der Waals surface area contributed by atoms with Crippen LogP contribution in [0, 0.1) is 0 Å². The van der Waals surface area contributed by atoms with Crippen molar-refractivity contribution in [1.82, 2.24) is 0 Å². The number of rotatable bonds is 3. The molecule has 1 atom stereocenters. The lowest BCUT2D eigenvalue weighted by molar-refractivity contribution is 0.00289. The average Bonchev–Trinajstić information content (AvgIpc) is 2.29. The minimum Gasteiger partial charge on any atom is -0.438 e. The van der Waals surface area contributed by atoms with Gasteiger partial charge in [0, 0.05) is 12.0 Å². The van der Waals surface area contributed by atoms with Crippen LogP contribution < -0.4 is 11.1 Å². The van der Waals surface area contributed by atoms with Crippen molar-refractivity contribution in [3.63, 3.8) is 0 Å². The lowest BCUT2D eigenvalue weighted by Crippen LogP contribution is -2.40. The molecule has 0 radical (unpaired) electrons. The summed E-state index contributed by atoms with van der Waals surface area (Å²) in [4.78, 5) is 11.5. The molecule has 4 nitrogen and oxygen atoms in total. The zero-order valence-corrected chi connectivity index (χ0v) is 9.32. The molecule has 2 rings (SSSR count). The summed E-state index contributed by atoms with van der Waals surface area (Å²) in [6.07, 6.45) is 0.983. The molecule has 86 valence electrons. The van der Waals surface area contributed by atoms with E-state index in [0.717, 1.165) is 17.7 Å². The van der Waals surface area contributed by atoms with E-state index in [1.165, 1.54) is 0 Å². The first-order chi connectivity index (χ1) is 7.72. The highest BCUT2D eigenvalue weighted by Gasteiger charge is 2.39. The van der Waals surface area contributed by atoms with Crippen LogP contribution in [-0.2, 0) is 10.3 Å². The van der Waals surface area contributed by atoms with Gasteiger partial charge in [-0.1, -0.05) is 25.1 Å². The molecule has 0 aromatic heterocycles. The Morgan fingerprint density at radius 3 is 2.88 bits per heavy atom. The molecule has 1 aliphatic rings. The number of nitrogens with two attached hydrogens (primary N) is 1. The Kier molecular flexibility index (Phi) is 2.83. The molecule has 3 N–H and O–H groups in total. The van der Waals surface area contributed by atoms with Gasteiger partial charge in [0.2, 0.25) is 0 Å². The van der Waals surface area contributed by atoms with Crippen LogP contribution >= 0.6 is 0 Å². The van der Waals surface area contributed by atoms with Crippen LogP contribution in [0.5, 0.6) is 0 Å². The maximum absolute atomic E-state index is 11.5. The van der Waals surface area contributed by atoms with E-state index < -0.39 is 11.7 Å². The summed E-state index contributed by atoms with van der Waals surface area (Å²) in [6.45, 7) is 2.50. The van der Waals surface area contributed by atoms with Gasteiger partial charge in [-0.3, -0.25) is 5.32 Å². The SMILES string of the molecule is CCC1(CCN)OC(=O)Nc2ccccc21. The second-order valence-corrected chi connectivity index (χ2v) is 3.95. The molecule has 4 heteroatoms. The number of hydrogen-bond acceptors (Lipinski definition) is 3. The number of ether oxygens (including phenoxy) is 1. The first-order valence-corrected chi connectivity index (χ1v) is 5.51. The number of fused-ring (bicyclic) bond motifs is 1. The van der Waals surface area contributed by atoms with E-state index in [2.05, 4.69) is 5.32 Å². The third-order valence-electron chi connectivity index (χ3n) is 3.06. The predicted octanol–water partition coefficient (Wildman–Crippen LogP) is 2.20. The Balaban J connectivity index is 2.50. The van der Waals surface area contributed by atoms with Crippen LogP contribution in [0.3, 0.4) is 0 Å². The lowest BCUT2D eigenvalue weighted by Gasteiger charge is -2.37. The number of nitrogens with one attached hydrogen (secondary N) is 1. The summed E-state index contributed by atoms with van der Waals surface area (Å²) in [5, 5.41) is 2.71. The number of benzene rings is 1. The van der Waals surface area contributed by atoms with Gasteiger partial charge in [0.05, 0.1) is 5.69 Å². The van der Waals surface area contributed by atoms with Gasteiger partial charge in [-0.05, 0) is 19.0 Å². The summed E-state index contributed by atoms with van der Waals surface area (Å²) in [5.41, 5.74) is 6.89. The van der Waals surface area contributed by atoms with Crippen molar-refractivity contribution in [3.8, 4) is 0 Å². The second-order valence-electron chi connectivity index (χ2n) is 3.95. The first kappa shape index (κ1) is 11.0. The van der Waals surface area contributed by atoms with Crippen LogP contribution in [0.4, 0.5) is 10.5 Å². The van der Waals surface area contributed by atoms with E-state index in [0.29, 0.717) is 13.0 Å². The molecular weight excluding hydrogens is 204 g/mol. The van der Waals surface area contributed by atoms with Crippen molar-refractivity contribution in [1.29, 1.82) is 0 Å². The van der Waals surface area contributed by atoms with Crippen molar-refractivity contribution in [2.45, 2.75) is 25.4 Å². The highest BCUT2D eigenvalue weighted by molar-refractivity contribution is 5.88. The molecule has 16 heavy (non-hydrogen) atoms. The van der Waals surface area contributed by atoms with Gasteiger partial charge in [0.25, 0.3) is 0 Å². The minimum absolute atomic E-state index is 0.394. The number of amides is 1. The fraction of sp³-hybridized carbons (Fsp3) is 0.417. The summed E-state index contributed by atoms with van der Waals surface area (Å²) < 4.78 is 5.46. The van der Waals surface area contributed by atoms with E-state index in [-0.39, 0.29) is 0 Å². The number of para-hydroxylation sites is 1. The van der Waals surface area contributed by atoms with Crippen LogP contribution in [-0.4, -0.2) is 12.6 Å². The topological polar surface area (TPSA) is 64.3 Å². The highest BCUT2D eigenvalue weighted by atomic mass is 16.6. The van der Waals surface area contributed by atoms with E-state index >= 15 is 0 Å². The van der Waals surface area contributed by atoms with E-state index in [9.17, 15) is 4.79 Å². The third kappa shape index (κ3) is 1.65. The Bertz CT molecular complexity index is 406. The summed E-state index contributed by atoms with van der Waals surface area (Å²) >= 11 is 0. The molecular formula is C12H16N2O2. The molecule has 0 aliphatic carbocycles. The van der Waals surface area contributed by atoms with Crippen molar-refractivity contribution in [3.05, 3.63) is 29.8 Å². The minimum atomic E-state index is -0.562. The predicted molar refractivity (Wildman–Crippen MR) is 62.2 cm³/mol. The van der Waals surface area contributed by atoms with Gasteiger partial charge < -0.3 is 10.5 Å². The molecule has 1 aliphatic heterocycles. The van der Waals surface area contributed by atoms with Crippen molar-refractivity contribution >= 4 is 11.8 Å². The Hall–Kier alpha value is -1.55. The van der Waals surface area contributed by atoms with Crippen LogP contribution in [0.15, 0.2) is 24.3 Å². The quantitative estimate of drug-likeness (QED) is 0.820. The molecule has 0 spiro atoms. The zero-order valence-electron chi connectivity index (χ0n) is 9.32. The van der Waals surface area contributed by atoms with Gasteiger partial charge in [-0.2, -0.15) is 0 Å². The van der Waals surface area contributed by atoms with Crippen molar-refractivity contribution < 1.29 is 9.53 Å². The molecule has 1 aromatic rings. The van der Waals surface area contributed by atoms with E-state index in [4.69, 9.17) is 10.5 Å². The molecule has 0 saturated carbocycles. The lowest BCUT2D eigenvalue weighted by atomic mass is 9.85. The number of cyclic esters (lactones) is 1. The normalized spacial score (nSPS) is 23.2. The number of hydrogen-bond donors (Lipinski definition) is 2. The monoisotopic (exact) mass is 220 g/mol. The molecule has 0 bridgehead atoms. The summed E-state index contributed by atoms with van der Waals surface area (Å²) in [7, 11) is 0. The van der Waals surface area contributed by atoms with E-state index in [1.54, 1.807) is 0 Å². The maximum Gasteiger partial charge on any atom is 0.412 e. The first-order valence-electron chi connectivity index (χ1n) is 5.51. The summed E-state index contributed by atoms with van der Waals surface area (Å²) in [6, 6.07) is 7.71. The molecule has 1 unspecified atom stereocenters. The van der Waals surface area contributed by atoms with Gasteiger partial charge in [-0.25, -0.2) is 4.79 Å². The number of carbonyl (C=O) groups is 1. The summed E-state index contributed by atoms with van der Waals surface area (Å²) in [5.74, 6) is 0. The van der Waals surface area contributed by atoms with Crippen molar-refractivity contribution in [2.75, 3.05) is 11.9 Å². The largest absolute Gasteiger partial charge is 0.438 e. The van der Waals surface area contributed by atoms with E-state index in [1.807, 2.05) is 31.2 Å². The highest BCUT2D eigenvalue weighted by Crippen LogP contribution is 2.40. The van der Waals surface area contributed by atoms with Crippen LogP contribution in [0.2, 0.25) is 0 Å². The van der Waals surface area contributed by atoms with Gasteiger partial charge in [-0.15, -0.1) is 0 Å². The number of carbonyl (C=O) groups excluding carboxylic acids is 1. The Morgan fingerprint density at radius 2 is 2.19 bits per heavy atom. The van der Waals surface area contributed by atoms with Crippen LogP contribution in [0.25, 0.3) is 0 Å². The Labute approximate surface area is 94.8 Å². The fourth-order valence-corrected chi connectivity index (χ4v) is 2.22. The van der Waals surface area contributed by atoms with Crippen LogP contribution in [0.1, 0.15) is 25.3 Å². The number of anilines is 1. The third-order valence-corrected chi connectivity index (χ3v) is 3.06. The molecule has 1 amide bonds. The molecule has 0 fully saturated rings. The Morgan fingerprint density at radius 1 is 1.44 bits per heavy atom. The fourth-order valence-electron chi connectivity index (χ4n) is 2.22. The second kappa shape index (κ2) is 4.14.